The highest BCUT2D eigenvalue weighted by Crippen LogP contribution is 2.29. The van der Waals surface area contributed by atoms with Gasteiger partial charge in [-0.25, -0.2) is 17.2 Å². The van der Waals surface area contributed by atoms with Gasteiger partial charge in [0.1, 0.15) is 17.4 Å². The number of rotatable bonds is 6. The maximum absolute atomic E-state index is 14.2. The summed E-state index contributed by atoms with van der Waals surface area (Å²) in [6.45, 7) is 3.07. The topological polar surface area (TPSA) is 46.6 Å². The van der Waals surface area contributed by atoms with Crippen molar-refractivity contribution in [2.24, 2.45) is 0 Å². The first-order valence-electron chi connectivity index (χ1n) is 8.90. The molecule has 152 valence electrons. The number of anilines is 1. The minimum Gasteiger partial charge on any atom is -0.497 e. The first-order valence-corrected chi connectivity index (χ1v) is 10.3. The predicted molar refractivity (Wildman–Crippen MR) is 109 cm³/mol. The van der Waals surface area contributed by atoms with E-state index in [9.17, 15) is 17.2 Å². The van der Waals surface area contributed by atoms with E-state index in [2.05, 4.69) is 0 Å². The second-order valence-corrected chi connectivity index (χ2v) is 8.57. The highest BCUT2D eigenvalue weighted by atomic mass is 32.2. The van der Waals surface area contributed by atoms with E-state index >= 15 is 0 Å². The summed E-state index contributed by atoms with van der Waals surface area (Å²) in [4.78, 5) is -0.204. The quantitative estimate of drug-likeness (QED) is 0.568. The zero-order chi connectivity index (χ0) is 21.2. The van der Waals surface area contributed by atoms with E-state index in [-0.39, 0.29) is 17.1 Å². The van der Waals surface area contributed by atoms with Gasteiger partial charge in [-0.2, -0.15) is 0 Å². The Morgan fingerprint density at radius 2 is 1.55 bits per heavy atom. The van der Waals surface area contributed by atoms with Crippen molar-refractivity contribution in [1.29, 1.82) is 0 Å². The van der Waals surface area contributed by atoms with Crippen molar-refractivity contribution in [3.05, 3.63) is 89.0 Å². The van der Waals surface area contributed by atoms with E-state index in [0.29, 0.717) is 22.4 Å². The Bertz CT molecular complexity index is 1150. The van der Waals surface area contributed by atoms with Gasteiger partial charge in [-0.15, -0.1) is 0 Å². The van der Waals surface area contributed by atoms with Crippen molar-refractivity contribution in [3.8, 4) is 5.75 Å². The summed E-state index contributed by atoms with van der Waals surface area (Å²) in [6.07, 6.45) is 0. The van der Waals surface area contributed by atoms with Gasteiger partial charge in [0.05, 0.1) is 24.2 Å². The molecule has 3 aromatic rings. The Hall–Kier alpha value is -2.93. The summed E-state index contributed by atoms with van der Waals surface area (Å²) >= 11 is 0. The highest BCUT2D eigenvalue weighted by Gasteiger charge is 2.27. The number of hydrogen-bond acceptors (Lipinski definition) is 3. The van der Waals surface area contributed by atoms with Crippen LogP contribution in [0.5, 0.6) is 5.75 Å². The van der Waals surface area contributed by atoms with E-state index in [4.69, 9.17) is 4.74 Å². The Kier molecular flexibility index (Phi) is 5.88. The normalized spacial score (nSPS) is 11.3. The molecule has 0 aliphatic heterocycles. The van der Waals surface area contributed by atoms with Crippen LogP contribution in [0, 0.1) is 25.5 Å². The Morgan fingerprint density at radius 3 is 2.17 bits per heavy atom. The van der Waals surface area contributed by atoms with Crippen molar-refractivity contribution < 1.29 is 21.9 Å². The van der Waals surface area contributed by atoms with E-state index in [1.165, 1.54) is 31.4 Å². The molecule has 0 fully saturated rings. The molecule has 0 N–H and O–H groups in total. The second kappa shape index (κ2) is 8.21. The average Bonchev–Trinajstić information content (AvgIpc) is 2.70. The summed E-state index contributed by atoms with van der Waals surface area (Å²) in [7, 11) is -2.64. The summed E-state index contributed by atoms with van der Waals surface area (Å²) in [5, 5.41) is 0. The number of benzene rings is 3. The van der Waals surface area contributed by atoms with Gasteiger partial charge in [-0.05, 0) is 66.9 Å². The fourth-order valence-electron chi connectivity index (χ4n) is 2.85. The van der Waals surface area contributed by atoms with Gasteiger partial charge in [-0.3, -0.25) is 4.31 Å². The lowest BCUT2D eigenvalue weighted by atomic mass is 10.2. The van der Waals surface area contributed by atoms with Crippen molar-refractivity contribution in [2.45, 2.75) is 25.3 Å². The summed E-state index contributed by atoms with van der Waals surface area (Å²) < 4.78 is 61.2. The molecule has 0 aliphatic carbocycles. The van der Waals surface area contributed by atoms with Crippen LogP contribution in [-0.4, -0.2) is 15.5 Å². The van der Waals surface area contributed by atoms with Crippen molar-refractivity contribution in [2.75, 3.05) is 11.4 Å². The number of hydrogen-bond donors (Lipinski definition) is 0. The molecule has 0 aromatic heterocycles. The molecule has 0 spiro atoms. The Labute approximate surface area is 169 Å². The first-order chi connectivity index (χ1) is 13.7. The highest BCUT2D eigenvalue weighted by molar-refractivity contribution is 7.92. The third-order valence-electron chi connectivity index (χ3n) is 4.64. The number of nitrogens with zero attached hydrogens (tertiary/aromatic N) is 1. The first kappa shape index (κ1) is 20.8. The van der Waals surface area contributed by atoms with Crippen LogP contribution in [0.15, 0.2) is 65.6 Å². The lowest BCUT2D eigenvalue weighted by molar-refractivity contribution is 0.414. The molecule has 4 nitrogen and oxygen atoms in total. The fourth-order valence-corrected chi connectivity index (χ4v) is 4.31. The Morgan fingerprint density at radius 1 is 0.897 bits per heavy atom. The van der Waals surface area contributed by atoms with Crippen LogP contribution in [0.25, 0.3) is 0 Å². The minimum absolute atomic E-state index is 0.0719. The third-order valence-corrected chi connectivity index (χ3v) is 6.40. The van der Waals surface area contributed by atoms with E-state index in [1.807, 2.05) is 0 Å². The largest absolute Gasteiger partial charge is 0.497 e. The lowest BCUT2D eigenvalue weighted by Crippen LogP contribution is -2.31. The van der Waals surface area contributed by atoms with Crippen LogP contribution in [0.4, 0.5) is 14.5 Å². The van der Waals surface area contributed by atoms with E-state index in [0.717, 1.165) is 16.4 Å². The third kappa shape index (κ3) is 4.40. The minimum atomic E-state index is -4.15. The summed E-state index contributed by atoms with van der Waals surface area (Å²) in [5.74, 6) is -0.581. The molecule has 0 heterocycles. The fraction of sp³-hybridized carbons (Fsp3) is 0.182. The summed E-state index contributed by atoms with van der Waals surface area (Å²) in [6, 6.07) is 14.8. The molecule has 29 heavy (non-hydrogen) atoms. The SMILES string of the molecule is COc1cccc(CN(c2ccc(C)c(F)c2)S(=O)(=O)c2ccc(C)c(F)c2)c1. The van der Waals surface area contributed by atoms with Gasteiger partial charge in [-0.1, -0.05) is 24.3 Å². The molecule has 0 amide bonds. The molecular weight excluding hydrogens is 396 g/mol. The zero-order valence-electron chi connectivity index (χ0n) is 16.3. The maximum atomic E-state index is 14.2. The molecule has 7 heteroatoms. The van der Waals surface area contributed by atoms with Crippen LogP contribution < -0.4 is 9.04 Å². The molecule has 0 saturated carbocycles. The summed E-state index contributed by atoms with van der Waals surface area (Å²) in [5.41, 5.74) is 1.52. The van der Waals surface area contributed by atoms with Crippen LogP contribution >= 0.6 is 0 Å². The average molecular weight is 417 g/mol. The number of aryl methyl sites for hydroxylation is 2. The van der Waals surface area contributed by atoms with Gasteiger partial charge in [0.2, 0.25) is 0 Å². The van der Waals surface area contributed by atoms with Crippen LogP contribution in [0.1, 0.15) is 16.7 Å². The van der Waals surface area contributed by atoms with Gasteiger partial charge in [0.25, 0.3) is 10.0 Å². The molecular formula is C22H21F2NO3S. The molecule has 0 saturated heterocycles. The molecule has 0 unspecified atom stereocenters. The van der Waals surface area contributed by atoms with Crippen LogP contribution in [0.3, 0.4) is 0 Å². The van der Waals surface area contributed by atoms with Gasteiger partial charge < -0.3 is 4.74 Å². The molecule has 3 aromatic carbocycles. The standard InChI is InChI=1S/C22H21F2NO3S/c1-15-7-9-18(12-21(15)23)25(14-17-5-4-6-19(11-17)28-3)29(26,27)20-10-8-16(2)22(24)13-20/h4-13H,14H2,1-3H3. The number of methoxy groups -OCH3 is 1. The second-order valence-electron chi connectivity index (χ2n) is 6.71. The van der Waals surface area contributed by atoms with Gasteiger partial charge in [0.15, 0.2) is 0 Å². The number of ether oxygens (including phenoxy) is 1. The molecule has 3 rings (SSSR count). The Balaban J connectivity index is 2.12. The lowest BCUT2D eigenvalue weighted by Gasteiger charge is -2.25. The van der Waals surface area contributed by atoms with Gasteiger partial charge >= 0.3 is 0 Å². The number of sulfonamides is 1. The van der Waals surface area contributed by atoms with Crippen LogP contribution in [0.2, 0.25) is 0 Å². The van der Waals surface area contributed by atoms with E-state index < -0.39 is 21.7 Å². The maximum Gasteiger partial charge on any atom is 0.264 e. The van der Waals surface area contributed by atoms with Gasteiger partial charge in [0, 0.05) is 0 Å². The van der Waals surface area contributed by atoms with Crippen molar-refractivity contribution in [3.63, 3.8) is 0 Å². The predicted octanol–water partition coefficient (Wildman–Crippen LogP) is 4.99. The molecule has 0 radical (unpaired) electrons. The van der Waals surface area contributed by atoms with Crippen LogP contribution in [-0.2, 0) is 16.6 Å². The molecule has 0 bridgehead atoms. The number of halogens is 2. The molecule has 0 aliphatic rings. The molecule has 0 atom stereocenters. The van der Waals surface area contributed by atoms with Crippen molar-refractivity contribution in [1.82, 2.24) is 0 Å². The van der Waals surface area contributed by atoms with Crippen molar-refractivity contribution >= 4 is 15.7 Å². The van der Waals surface area contributed by atoms with E-state index in [1.54, 1.807) is 38.1 Å². The monoisotopic (exact) mass is 417 g/mol. The smallest absolute Gasteiger partial charge is 0.264 e. The zero-order valence-corrected chi connectivity index (χ0v) is 17.1.